The number of rotatable bonds is 6. The zero-order chi connectivity index (χ0) is 14.7. The van der Waals surface area contributed by atoms with E-state index in [4.69, 9.17) is 11.1 Å². The molecule has 0 spiro atoms. The molecule has 1 aliphatic rings. The van der Waals surface area contributed by atoms with E-state index in [1.807, 2.05) is 18.7 Å². The van der Waals surface area contributed by atoms with Gasteiger partial charge in [0.2, 0.25) is 0 Å². The second-order valence-corrected chi connectivity index (χ2v) is 9.16. The SMILES string of the molecule is CCS(=O)(=O)C1CSCCN1CCC(C)(C)C(=N)N. The van der Waals surface area contributed by atoms with Crippen molar-refractivity contribution >= 4 is 27.4 Å². The topological polar surface area (TPSA) is 87.2 Å². The molecule has 0 amide bonds. The molecule has 1 heterocycles. The van der Waals surface area contributed by atoms with E-state index >= 15 is 0 Å². The molecule has 0 bridgehead atoms. The molecule has 0 saturated carbocycles. The molecule has 1 saturated heterocycles. The molecule has 0 aromatic heterocycles. The Bertz CT molecular complexity index is 421. The highest BCUT2D eigenvalue weighted by Crippen LogP contribution is 2.25. The summed E-state index contributed by atoms with van der Waals surface area (Å²) in [6.07, 6.45) is 0.711. The van der Waals surface area contributed by atoms with Crippen LogP contribution in [0.4, 0.5) is 0 Å². The first-order valence-corrected chi connectivity index (χ1v) is 9.45. The van der Waals surface area contributed by atoms with E-state index in [2.05, 4.69) is 0 Å². The van der Waals surface area contributed by atoms with Gasteiger partial charge in [-0.3, -0.25) is 10.3 Å². The number of hydrogen-bond donors (Lipinski definition) is 2. The van der Waals surface area contributed by atoms with Crippen LogP contribution >= 0.6 is 11.8 Å². The zero-order valence-electron chi connectivity index (χ0n) is 12.0. The van der Waals surface area contributed by atoms with Gasteiger partial charge >= 0.3 is 0 Å². The third-order valence-corrected chi connectivity index (χ3v) is 7.09. The standard InChI is InChI=1S/C12H25N3O2S2/c1-4-19(16,17)10-9-18-8-7-15(10)6-5-12(2,3)11(13)14/h10H,4-9H2,1-3H3,(H3,13,14). The van der Waals surface area contributed by atoms with E-state index in [0.717, 1.165) is 12.3 Å². The molecule has 0 aliphatic carbocycles. The van der Waals surface area contributed by atoms with Crippen molar-refractivity contribution in [1.82, 2.24) is 4.90 Å². The van der Waals surface area contributed by atoms with Crippen LogP contribution < -0.4 is 5.73 Å². The lowest BCUT2D eigenvalue weighted by atomic mass is 9.88. The van der Waals surface area contributed by atoms with Crippen LogP contribution in [0.15, 0.2) is 0 Å². The maximum atomic E-state index is 12.1. The molecule has 1 unspecified atom stereocenters. The predicted octanol–water partition coefficient (Wildman–Crippen LogP) is 1.15. The first kappa shape index (κ1) is 16.8. The van der Waals surface area contributed by atoms with Crippen LogP contribution in [0.1, 0.15) is 27.2 Å². The van der Waals surface area contributed by atoms with E-state index in [1.54, 1.807) is 18.7 Å². The van der Waals surface area contributed by atoms with E-state index in [9.17, 15) is 8.42 Å². The van der Waals surface area contributed by atoms with Gasteiger partial charge in [0.1, 0.15) is 5.37 Å². The van der Waals surface area contributed by atoms with Gasteiger partial charge in [-0.05, 0) is 6.42 Å². The Labute approximate surface area is 120 Å². The molecule has 7 heteroatoms. The average molecular weight is 307 g/mol. The van der Waals surface area contributed by atoms with E-state index in [1.165, 1.54) is 0 Å². The number of nitrogens with one attached hydrogen (secondary N) is 1. The molecular weight excluding hydrogens is 282 g/mol. The van der Waals surface area contributed by atoms with Gasteiger partial charge in [-0.1, -0.05) is 20.8 Å². The molecular formula is C12H25N3O2S2. The molecule has 112 valence electrons. The van der Waals surface area contributed by atoms with Crippen LogP contribution in [0.2, 0.25) is 0 Å². The molecule has 0 aromatic rings. The fourth-order valence-electron chi connectivity index (χ4n) is 1.95. The van der Waals surface area contributed by atoms with Gasteiger partial charge in [-0.25, -0.2) is 8.42 Å². The molecule has 1 aliphatic heterocycles. The summed E-state index contributed by atoms with van der Waals surface area (Å²) in [7, 11) is -3.04. The molecule has 1 rings (SSSR count). The second kappa shape index (κ2) is 6.45. The third kappa shape index (κ3) is 4.36. The van der Waals surface area contributed by atoms with Gasteiger partial charge in [0, 0.05) is 35.8 Å². The summed E-state index contributed by atoms with van der Waals surface area (Å²) in [6, 6.07) is 0. The van der Waals surface area contributed by atoms with Gasteiger partial charge in [0.15, 0.2) is 9.84 Å². The summed E-state index contributed by atoms with van der Waals surface area (Å²) in [5.74, 6) is 1.96. The highest BCUT2D eigenvalue weighted by Gasteiger charge is 2.34. The highest BCUT2D eigenvalue weighted by atomic mass is 32.2. The summed E-state index contributed by atoms with van der Waals surface area (Å²) in [4.78, 5) is 2.04. The van der Waals surface area contributed by atoms with Gasteiger partial charge in [0.05, 0.1) is 5.84 Å². The molecule has 0 radical (unpaired) electrons. The predicted molar refractivity (Wildman–Crippen MR) is 82.5 cm³/mol. The molecule has 3 N–H and O–H groups in total. The van der Waals surface area contributed by atoms with Crippen molar-refractivity contribution in [3.63, 3.8) is 0 Å². The lowest BCUT2D eigenvalue weighted by molar-refractivity contribution is 0.241. The fraction of sp³-hybridized carbons (Fsp3) is 0.917. The minimum absolute atomic E-state index is 0.161. The number of nitrogens with two attached hydrogens (primary N) is 1. The lowest BCUT2D eigenvalue weighted by Crippen LogP contribution is -2.49. The van der Waals surface area contributed by atoms with Gasteiger partial charge in [-0.2, -0.15) is 11.8 Å². The summed E-state index contributed by atoms with van der Waals surface area (Å²) >= 11 is 1.70. The molecule has 1 fully saturated rings. The normalized spacial score (nSPS) is 22.4. The maximum absolute atomic E-state index is 12.1. The molecule has 0 aromatic carbocycles. The van der Waals surface area contributed by atoms with Crippen LogP contribution in [0.3, 0.4) is 0 Å². The summed E-state index contributed by atoms with van der Waals surface area (Å²) in [5.41, 5.74) is 5.20. The number of thioether (sulfide) groups is 1. The molecule has 5 nitrogen and oxygen atoms in total. The van der Waals surface area contributed by atoms with E-state index in [-0.39, 0.29) is 22.4 Å². The van der Waals surface area contributed by atoms with Crippen LogP contribution in [0.5, 0.6) is 0 Å². The quantitative estimate of drug-likeness (QED) is 0.568. The fourth-order valence-corrected chi connectivity index (χ4v) is 5.06. The largest absolute Gasteiger partial charge is 0.387 e. The van der Waals surface area contributed by atoms with Crippen LogP contribution in [0.25, 0.3) is 0 Å². The molecule has 1 atom stereocenters. The van der Waals surface area contributed by atoms with Crippen molar-refractivity contribution in [1.29, 1.82) is 5.41 Å². The Morgan fingerprint density at radius 1 is 1.53 bits per heavy atom. The Morgan fingerprint density at radius 2 is 2.16 bits per heavy atom. The summed E-state index contributed by atoms with van der Waals surface area (Å²) < 4.78 is 24.2. The van der Waals surface area contributed by atoms with Gasteiger partial charge < -0.3 is 5.73 Å². The summed E-state index contributed by atoms with van der Waals surface area (Å²) in [5, 5.41) is 7.18. The van der Waals surface area contributed by atoms with Gasteiger partial charge in [0.25, 0.3) is 0 Å². The Morgan fingerprint density at radius 3 is 2.68 bits per heavy atom. The van der Waals surface area contributed by atoms with Crippen molar-refractivity contribution in [3.8, 4) is 0 Å². The third-order valence-electron chi connectivity index (χ3n) is 3.76. The first-order valence-electron chi connectivity index (χ1n) is 6.58. The summed E-state index contributed by atoms with van der Waals surface area (Å²) in [6.45, 7) is 7.03. The van der Waals surface area contributed by atoms with Crippen LogP contribution in [-0.2, 0) is 9.84 Å². The Hall–Kier alpha value is -0.270. The Kier molecular flexibility index (Phi) is 5.70. The van der Waals surface area contributed by atoms with Crippen molar-refractivity contribution < 1.29 is 8.42 Å². The number of sulfone groups is 1. The van der Waals surface area contributed by atoms with Crippen LogP contribution in [0, 0.1) is 10.8 Å². The van der Waals surface area contributed by atoms with Crippen molar-refractivity contribution in [3.05, 3.63) is 0 Å². The maximum Gasteiger partial charge on any atom is 0.166 e. The first-order chi connectivity index (χ1) is 8.70. The van der Waals surface area contributed by atoms with Crippen LogP contribution in [-0.4, -0.2) is 54.9 Å². The number of hydrogen-bond acceptors (Lipinski definition) is 5. The second-order valence-electron chi connectivity index (χ2n) is 5.56. The smallest absolute Gasteiger partial charge is 0.166 e. The molecule has 19 heavy (non-hydrogen) atoms. The minimum Gasteiger partial charge on any atom is -0.387 e. The van der Waals surface area contributed by atoms with E-state index < -0.39 is 9.84 Å². The van der Waals surface area contributed by atoms with Crippen molar-refractivity contribution in [2.45, 2.75) is 32.6 Å². The van der Waals surface area contributed by atoms with Gasteiger partial charge in [-0.15, -0.1) is 0 Å². The zero-order valence-corrected chi connectivity index (χ0v) is 13.6. The minimum atomic E-state index is -3.04. The number of amidine groups is 1. The number of nitrogens with zero attached hydrogens (tertiary/aromatic N) is 1. The van der Waals surface area contributed by atoms with E-state index in [0.29, 0.717) is 18.7 Å². The van der Waals surface area contributed by atoms with Crippen molar-refractivity contribution in [2.24, 2.45) is 11.1 Å². The average Bonchev–Trinajstić information content (AvgIpc) is 2.36. The van der Waals surface area contributed by atoms with Crippen molar-refractivity contribution in [2.75, 3.05) is 30.3 Å². The monoisotopic (exact) mass is 307 g/mol. The Balaban J connectivity index is 2.72. The highest BCUT2D eigenvalue weighted by molar-refractivity contribution is 8.01. The lowest BCUT2D eigenvalue weighted by Gasteiger charge is -2.36.